The Bertz CT molecular complexity index is 209. The van der Waals surface area contributed by atoms with Crippen LogP contribution in [0.25, 0.3) is 0 Å². The monoisotopic (exact) mass is 208 g/mol. The maximum Gasteiger partial charge on any atom is 0.136 e. The van der Waals surface area contributed by atoms with Crippen LogP contribution in [-0.4, -0.2) is 5.78 Å². The van der Waals surface area contributed by atoms with Gasteiger partial charge in [0.05, 0.1) is 0 Å². The zero-order valence-corrected chi connectivity index (χ0v) is 10.0. The lowest BCUT2D eigenvalue weighted by molar-refractivity contribution is -0.125. The minimum absolute atomic E-state index is 0.438. The predicted octanol–water partition coefficient (Wildman–Crippen LogP) is 3.96. The first-order valence-corrected chi connectivity index (χ1v) is 6.82. The van der Waals surface area contributed by atoms with E-state index < -0.39 is 0 Å². The van der Waals surface area contributed by atoms with E-state index in [4.69, 9.17) is 0 Å². The molecule has 0 N–H and O–H groups in total. The van der Waals surface area contributed by atoms with E-state index in [1.54, 1.807) is 0 Å². The van der Waals surface area contributed by atoms with E-state index in [-0.39, 0.29) is 0 Å². The van der Waals surface area contributed by atoms with E-state index in [0.717, 1.165) is 18.3 Å². The summed E-state index contributed by atoms with van der Waals surface area (Å²) in [4.78, 5) is 12.0. The van der Waals surface area contributed by atoms with Gasteiger partial charge < -0.3 is 0 Å². The average molecular weight is 208 g/mol. The molecule has 2 aliphatic carbocycles. The van der Waals surface area contributed by atoms with Crippen molar-refractivity contribution in [3.05, 3.63) is 0 Å². The molecule has 0 aromatic rings. The van der Waals surface area contributed by atoms with Crippen LogP contribution in [0, 0.1) is 17.8 Å². The molecule has 0 amide bonds. The van der Waals surface area contributed by atoms with E-state index in [9.17, 15) is 4.79 Å². The van der Waals surface area contributed by atoms with Crippen molar-refractivity contribution >= 4 is 5.78 Å². The largest absolute Gasteiger partial charge is 0.299 e. The first-order chi connectivity index (χ1) is 7.29. The van der Waals surface area contributed by atoms with Gasteiger partial charge in [-0.05, 0) is 37.5 Å². The molecule has 0 unspecified atom stereocenters. The van der Waals surface area contributed by atoms with Gasteiger partial charge in [-0.3, -0.25) is 4.79 Å². The zero-order valence-electron chi connectivity index (χ0n) is 10.0. The number of carbonyl (C=O) groups excluding carboxylic acids is 1. The number of ketones is 1. The minimum atomic E-state index is 0.438. The SMILES string of the molecule is CCC1CCC(C(=O)CC2CCC2)CC1. The lowest BCUT2D eigenvalue weighted by Gasteiger charge is -2.30. The van der Waals surface area contributed by atoms with E-state index >= 15 is 0 Å². The van der Waals surface area contributed by atoms with Gasteiger partial charge in [-0.15, -0.1) is 0 Å². The molecule has 1 heteroatoms. The number of hydrogen-bond donors (Lipinski definition) is 0. The molecular weight excluding hydrogens is 184 g/mol. The Hall–Kier alpha value is -0.330. The van der Waals surface area contributed by atoms with E-state index in [2.05, 4.69) is 6.92 Å². The van der Waals surface area contributed by atoms with Crippen molar-refractivity contribution in [1.29, 1.82) is 0 Å². The fraction of sp³-hybridized carbons (Fsp3) is 0.929. The molecule has 0 aromatic heterocycles. The van der Waals surface area contributed by atoms with Gasteiger partial charge in [0.15, 0.2) is 0 Å². The molecule has 1 nitrogen and oxygen atoms in total. The van der Waals surface area contributed by atoms with Gasteiger partial charge in [-0.25, -0.2) is 0 Å². The van der Waals surface area contributed by atoms with Crippen LogP contribution in [-0.2, 0) is 4.79 Å². The van der Waals surface area contributed by atoms with Gasteiger partial charge in [0.25, 0.3) is 0 Å². The summed E-state index contributed by atoms with van der Waals surface area (Å²) in [5, 5.41) is 0. The van der Waals surface area contributed by atoms with Gasteiger partial charge in [0, 0.05) is 12.3 Å². The molecule has 2 saturated carbocycles. The van der Waals surface area contributed by atoms with E-state index in [0.29, 0.717) is 11.7 Å². The lowest BCUT2D eigenvalue weighted by Crippen LogP contribution is -2.25. The van der Waals surface area contributed by atoms with Crippen molar-refractivity contribution in [3.63, 3.8) is 0 Å². The summed E-state index contributed by atoms with van der Waals surface area (Å²) in [6.45, 7) is 2.28. The van der Waals surface area contributed by atoms with Crippen LogP contribution in [0.3, 0.4) is 0 Å². The summed E-state index contributed by atoms with van der Waals surface area (Å²) < 4.78 is 0. The standard InChI is InChI=1S/C14H24O/c1-2-11-6-8-13(9-7-11)14(15)10-12-4-3-5-12/h11-13H,2-10H2,1H3. The van der Waals surface area contributed by atoms with Crippen LogP contribution in [0.4, 0.5) is 0 Å². The van der Waals surface area contributed by atoms with Crippen molar-refractivity contribution in [3.8, 4) is 0 Å². The highest BCUT2D eigenvalue weighted by molar-refractivity contribution is 5.81. The van der Waals surface area contributed by atoms with Crippen LogP contribution < -0.4 is 0 Å². The third kappa shape index (κ3) is 2.83. The average Bonchev–Trinajstić information content (AvgIpc) is 2.23. The van der Waals surface area contributed by atoms with Crippen LogP contribution in [0.2, 0.25) is 0 Å². The molecule has 0 saturated heterocycles. The molecule has 86 valence electrons. The molecular formula is C14H24O. The fourth-order valence-corrected chi connectivity index (χ4v) is 3.04. The normalized spacial score (nSPS) is 32.3. The summed E-state index contributed by atoms with van der Waals surface area (Å²) in [5.74, 6) is 2.71. The summed E-state index contributed by atoms with van der Waals surface area (Å²) in [6, 6.07) is 0. The van der Waals surface area contributed by atoms with E-state index in [1.165, 1.54) is 51.4 Å². The van der Waals surface area contributed by atoms with Gasteiger partial charge in [-0.1, -0.05) is 32.6 Å². The Kier molecular flexibility index (Phi) is 3.82. The molecule has 0 bridgehead atoms. The number of rotatable bonds is 4. The maximum absolute atomic E-state index is 12.0. The Morgan fingerprint density at radius 1 is 1.00 bits per heavy atom. The third-order valence-corrected chi connectivity index (χ3v) is 4.59. The quantitative estimate of drug-likeness (QED) is 0.683. The molecule has 0 heterocycles. The summed E-state index contributed by atoms with van der Waals surface area (Å²) in [6.07, 6.45) is 11.2. The summed E-state index contributed by atoms with van der Waals surface area (Å²) in [7, 11) is 0. The second-order valence-corrected chi connectivity index (χ2v) is 5.59. The molecule has 2 fully saturated rings. The van der Waals surface area contributed by atoms with Crippen LogP contribution in [0.1, 0.15) is 64.7 Å². The Labute approximate surface area is 93.6 Å². The number of Topliss-reactive ketones (excluding diaryl/α,β-unsaturated/α-hetero) is 1. The highest BCUT2D eigenvalue weighted by atomic mass is 16.1. The number of carbonyl (C=O) groups is 1. The van der Waals surface area contributed by atoms with Crippen LogP contribution in [0.15, 0.2) is 0 Å². The van der Waals surface area contributed by atoms with Crippen LogP contribution in [0.5, 0.6) is 0 Å². The summed E-state index contributed by atoms with van der Waals surface area (Å²) in [5.41, 5.74) is 0. The Morgan fingerprint density at radius 3 is 2.13 bits per heavy atom. The predicted molar refractivity (Wildman–Crippen MR) is 62.7 cm³/mol. The summed E-state index contributed by atoms with van der Waals surface area (Å²) >= 11 is 0. The lowest BCUT2D eigenvalue weighted by atomic mass is 9.74. The minimum Gasteiger partial charge on any atom is -0.299 e. The van der Waals surface area contributed by atoms with Gasteiger partial charge >= 0.3 is 0 Å². The van der Waals surface area contributed by atoms with Crippen molar-refractivity contribution in [2.75, 3.05) is 0 Å². The second kappa shape index (κ2) is 5.14. The van der Waals surface area contributed by atoms with E-state index in [1.807, 2.05) is 0 Å². The molecule has 0 spiro atoms. The van der Waals surface area contributed by atoms with Crippen molar-refractivity contribution in [1.82, 2.24) is 0 Å². The van der Waals surface area contributed by atoms with Crippen molar-refractivity contribution < 1.29 is 4.79 Å². The third-order valence-electron chi connectivity index (χ3n) is 4.59. The van der Waals surface area contributed by atoms with Crippen molar-refractivity contribution in [2.24, 2.45) is 17.8 Å². The van der Waals surface area contributed by atoms with Crippen LogP contribution >= 0.6 is 0 Å². The molecule has 0 radical (unpaired) electrons. The molecule has 2 aliphatic rings. The molecule has 0 aromatic carbocycles. The highest BCUT2D eigenvalue weighted by Crippen LogP contribution is 2.35. The first-order valence-electron chi connectivity index (χ1n) is 6.82. The Morgan fingerprint density at radius 2 is 1.67 bits per heavy atom. The number of hydrogen-bond acceptors (Lipinski definition) is 1. The topological polar surface area (TPSA) is 17.1 Å². The van der Waals surface area contributed by atoms with Crippen molar-refractivity contribution in [2.45, 2.75) is 64.7 Å². The molecule has 2 rings (SSSR count). The molecule has 15 heavy (non-hydrogen) atoms. The fourth-order valence-electron chi connectivity index (χ4n) is 3.04. The first kappa shape index (κ1) is 11.2. The molecule has 0 aliphatic heterocycles. The second-order valence-electron chi connectivity index (χ2n) is 5.59. The van der Waals surface area contributed by atoms with Gasteiger partial charge in [0.2, 0.25) is 0 Å². The maximum atomic E-state index is 12.0. The van der Waals surface area contributed by atoms with Gasteiger partial charge in [-0.2, -0.15) is 0 Å². The molecule has 0 atom stereocenters. The highest BCUT2D eigenvalue weighted by Gasteiger charge is 2.28. The zero-order chi connectivity index (χ0) is 10.7. The van der Waals surface area contributed by atoms with Gasteiger partial charge in [0.1, 0.15) is 5.78 Å². The Balaban J connectivity index is 1.71. The smallest absolute Gasteiger partial charge is 0.136 e.